The van der Waals surface area contributed by atoms with E-state index in [1.165, 1.54) is 11.8 Å². The minimum atomic E-state index is -0.625. The van der Waals surface area contributed by atoms with E-state index in [1.54, 1.807) is 0 Å². The van der Waals surface area contributed by atoms with Crippen LogP contribution in [0.1, 0.15) is 12.5 Å². The van der Waals surface area contributed by atoms with Crippen LogP contribution in [-0.2, 0) is 17.8 Å². The number of carbonyl (C=O) groups is 1. The quantitative estimate of drug-likeness (QED) is 0.875. The highest BCUT2D eigenvalue weighted by atomic mass is 79.9. The Labute approximate surface area is 128 Å². The average molecular weight is 352 g/mol. The molecule has 21 heavy (non-hydrogen) atoms. The van der Waals surface area contributed by atoms with Gasteiger partial charge in [0.1, 0.15) is 6.54 Å². The summed E-state index contributed by atoms with van der Waals surface area (Å²) in [5.74, 6) is -0.347. The van der Waals surface area contributed by atoms with Gasteiger partial charge in [-0.25, -0.2) is 4.79 Å². The molecule has 0 atom stereocenters. The number of benzene rings is 1. The maximum Gasteiger partial charge on any atom is 0.328 e. The third kappa shape index (κ3) is 3.91. The van der Waals surface area contributed by atoms with Crippen molar-refractivity contribution in [1.29, 1.82) is 0 Å². The van der Waals surface area contributed by atoms with Gasteiger partial charge in [-0.15, -0.1) is 0 Å². The molecule has 6 nitrogen and oxygen atoms in total. The summed E-state index contributed by atoms with van der Waals surface area (Å²) in [5, 5.41) is 2.70. The van der Waals surface area contributed by atoms with Crippen molar-refractivity contribution in [3.8, 4) is 0 Å². The Hall–Kier alpha value is -2.15. The molecule has 0 bridgehead atoms. The van der Waals surface area contributed by atoms with Crippen molar-refractivity contribution in [2.24, 2.45) is 0 Å². The number of aromatic amines is 1. The third-order valence-corrected chi connectivity index (χ3v) is 3.49. The predicted octanol–water partition coefficient (Wildman–Crippen LogP) is 1.50. The van der Waals surface area contributed by atoms with E-state index < -0.39 is 11.2 Å². The Morgan fingerprint density at radius 3 is 2.57 bits per heavy atom. The first-order chi connectivity index (χ1) is 9.99. The molecule has 2 rings (SSSR count). The molecule has 7 heteroatoms. The Morgan fingerprint density at radius 1 is 1.29 bits per heavy atom. The number of anilines is 1. The minimum Gasteiger partial charge on any atom is -0.325 e. The van der Waals surface area contributed by atoms with Crippen molar-refractivity contribution < 1.29 is 4.79 Å². The highest BCUT2D eigenvalue weighted by Crippen LogP contribution is 2.10. The molecule has 0 unspecified atom stereocenters. The first-order valence-electron chi connectivity index (χ1n) is 6.37. The molecule has 2 N–H and O–H groups in total. The van der Waals surface area contributed by atoms with Gasteiger partial charge < -0.3 is 5.32 Å². The number of H-pyrrole nitrogens is 1. The van der Waals surface area contributed by atoms with Crippen molar-refractivity contribution >= 4 is 27.5 Å². The number of aromatic nitrogens is 2. The van der Waals surface area contributed by atoms with Gasteiger partial charge in [0.05, 0.1) is 4.47 Å². The second-order valence-electron chi connectivity index (χ2n) is 4.46. The van der Waals surface area contributed by atoms with E-state index in [2.05, 4.69) is 26.2 Å². The SMILES string of the molecule is CCc1ccc(NC(=O)Cn2cc(Br)c(=O)[nH]c2=O)cc1. The van der Waals surface area contributed by atoms with Crippen LogP contribution in [0.5, 0.6) is 0 Å². The summed E-state index contributed by atoms with van der Waals surface area (Å²) >= 11 is 3.02. The lowest BCUT2D eigenvalue weighted by molar-refractivity contribution is -0.116. The fraction of sp³-hybridized carbons (Fsp3) is 0.214. The van der Waals surface area contributed by atoms with Crippen LogP contribution in [-0.4, -0.2) is 15.5 Å². The Kier molecular flexibility index (Phi) is 4.74. The number of aryl methyl sites for hydroxylation is 1. The molecule has 1 aromatic carbocycles. The summed E-state index contributed by atoms with van der Waals surface area (Å²) in [5.41, 5.74) is 0.689. The first-order valence-corrected chi connectivity index (χ1v) is 7.17. The van der Waals surface area contributed by atoms with Crippen molar-refractivity contribution in [1.82, 2.24) is 9.55 Å². The molecule has 1 heterocycles. The first kappa shape index (κ1) is 15.2. The van der Waals surface area contributed by atoms with E-state index in [-0.39, 0.29) is 16.9 Å². The van der Waals surface area contributed by atoms with Gasteiger partial charge in [-0.3, -0.25) is 19.1 Å². The van der Waals surface area contributed by atoms with Gasteiger partial charge in [0.2, 0.25) is 5.91 Å². The summed E-state index contributed by atoms with van der Waals surface area (Å²) in [6, 6.07) is 7.47. The molecule has 0 fully saturated rings. The zero-order valence-corrected chi connectivity index (χ0v) is 12.9. The van der Waals surface area contributed by atoms with Crippen molar-refractivity contribution in [3.05, 3.63) is 61.3 Å². The van der Waals surface area contributed by atoms with Crippen molar-refractivity contribution in [2.45, 2.75) is 19.9 Å². The number of hydrogen-bond donors (Lipinski definition) is 2. The molecule has 0 saturated carbocycles. The monoisotopic (exact) mass is 351 g/mol. The van der Waals surface area contributed by atoms with Gasteiger partial charge >= 0.3 is 5.69 Å². The summed E-state index contributed by atoms with van der Waals surface area (Å²) < 4.78 is 1.32. The van der Waals surface area contributed by atoms with Crippen LogP contribution in [0.2, 0.25) is 0 Å². The Morgan fingerprint density at radius 2 is 1.95 bits per heavy atom. The van der Waals surface area contributed by atoms with Gasteiger partial charge in [0.25, 0.3) is 5.56 Å². The molecule has 0 spiro atoms. The van der Waals surface area contributed by atoms with Crippen LogP contribution >= 0.6 is 15.9 Å². The fourth-order valence-corrected chi connectivity index (χ4v) is 2.13. The van der Waals surface area contributed by atoms with Crippen LogP contribution in [0.4, 0.5) is 5.69 Å². The van der Waals surface area contributed by atoms with Gasteiger partial charge in [-0.2, -0.15) is 0 Å². The predicted molar refractivity (Wildman–Crippen MR) is 83.5 cm³/mol. The van der Waals surface area contributed by atoms with E-state index in [1.807, 2.05) is 31.2 Å². The smallest absolute Gasteiger partial charge is 0.325 e. The highest BCUT2D eigenvalue weighted by molar-refractivity contribution is 9.10. The molecule has 0 radical (unpaired) electrons. The van der Waals surface area contributed by atoms with E-state index in [9.17, 15) is 14.4 Å². The molecule has 0 aliphatic heterocycles. The van der Waals surface area contributed by atoms with E-state index >= 15 is 0 Å². The van der Waals surface area contributed by atoms with E-state index in [0.717, 1.165) is 11.0 Å². The largest absolute Gasteiger partial charge is 0.328 e. The van der Waals surface area contributed by atoms with Crippen molar-refractivity contribution in [2.75, 3.05) is 5.32 Å². The molecule has 0 saturated heterocycles. The summed E-state index contributed by atoms with van der Waals surface area (Å²) in [4.78, 5) is 36.8. The number of halogens is 1. The molecule has 1 aromatic heterocycles. The van der Waals surface area contributed by atoms with Crippen LogP contribution in [0.3, 0.4) is 0 Å². The van der Waals surface area contributed by atoms with Crippen LogP contribution in [0.25, 0.3) is 0 Å². The van der Waals surface area contributed by atoms with Crippen LogP contribution in [0.15, 0.2) is 44.5 Å². The number of nitrogens with one attached hydrogen (secondary N) is 2. The number of rotatable bonds is 4. The maximum absolute atomic E-state index is 11.9. The molecule has 110 valence electrons. The molecule has 1 amide bonds. The molecule has 2 aromatic rings. The lowest BCUT2D eigenvalue weighted by Gasteiger charge is -2.08. The normalized spacial score (nSPS) is 10.4. The minimum absolute atomic E-state index is 0.177. The number of hydrogen-bond acceptors (Lipinski definition) is 3. The number of nitrogens with zero attached hydrogens (tertiary/aromatic N) is 1. The molecule has 0 aliphatic rings. The summed E-state index contributed by atoms with van der Waals surface area (Å²) in [7, 11) is 0. The summed E-state index contributed by atoms with van der Waals surface area (Å²) in [6.07, 6.45) is 2.22. The van der Waals surface area contributed by atoms with Gasteiger partial charge in [0.15, 0.2) is 0 Å². The number of amides is 1. The maximum atomic E-state index is 11.9. The topological polar surface area (TPSA) is 84.0 Å². The Balaban J connectivity index is 2.09. The van der Waals surface area contributed by atoms with E-state index in [0.29, 0.717) is 5.69 Å². The Bertz CT molecular complexity index is 762. The zero-order chi connectivity index (χ0) is 15.4. The lowest BCUT2D eigenvalue weighted by Crippen LogP contribution is -2.33. The second-order valence-corrected chi connectivity index (χ2v) is 5.32. The standard InChI is InChI=1S/C14H14BrN3O3/c1-2-9-3-5-10(6-4-9)16-12(19)8-18-7-11(15)13(20)17-14(18)21/h3-7H,2,8H2,1H3,(H,16,19)(H,17,20,21). The highest BCUT2D eigenvalue weighted by Gasteiger charge is 2.07. The zero-order valence-electron chi connectivity index (χ0n) is 11.4. The van der Waals surface area contributed by atoms with E-state index in [4.69, 9.17) is 0 Å². The molecular weight excluding hydrogens is 338 g/mol. The average Bonchev–Trinajstić information content (AvgIpc) is 2.45. The number of carbonyl (C=O) groups excluding carboxylic acids is 1. The van der Waals surface area contributed by atoms with Gasteiger partial charge in [-0.1, -0.05) is 19.1 Å². The third-order valence-electron chi connectivity index (χ3n) is 2.93. The van der Waals surface area contributed by atoms with Crippen LogP contribution in [0, 0.1) is 0 Å². The summed E-state index contributed by atoms with van der Waals surface area (Å²) in [6.45, 7) is 1.87. The second kappa shape index (κ2) is 6.53. The van der Waals surface area contributed by atoms with Gasteiger partial charge in [-0.05, 0) is 40.0 Å². The van der Waals surface area contributed by atoms with Crippen molar-refractivity contribution in [3.63, 3.8) is 0 Å². The fourth-order valence-electron chi connectivity index (χ4n) is 1.78. The lowest BCUT2D eigenvalue weighted by atomic mass is 10.1. The molecule has 0 aliphatic carbocycles. The molecular formula is C14H14BrN3O3. The van der Waals surface area contributed by atoms with Gasteiger partial charge in [0, 0.05) is 11.9 Å². The van der Waals surface area contributed by atoms with Crippen LogP contribution < -0.4 is 16.6 Å².